The molecule has 3 amide bonds. The zero-order chi connectivity index (χ0) is 24.3. The third kappa shape index (κ3) is 15.9. The molecule has 7 N–H and O–H groups in total. The molecule has 1 aliphatic heterocycles. The van der Waals surface area contributed by atoms with Crippen molar-refractivity contribution in [2.45, 2.75) is 70.5 Å². The number of urea groups is 1. The molecule has 1 unspecified atom stereocenters. The van der Waals surface area contributed by atoms with Gasteiger partial charge >= 0.3 is 6.03 Å². The molecule has 0 bridgehead atoms. The lowest BCUT2D eigenvalue weighted by Crippen LogP contribution is -2.43. The van der Waals surface area contributed by atoms with Crippen molar-refractivity contribution in [1.29, 1.82) is 0 Å². The Morgan fingerprint density at radius 2 is 1.73 bits per heavy atom. The van der Waals surface area contributed by atoms with Crippen molar-refractivity contribution < 1.29 is 23.8 Å². The fourth-order valence-corrected chi connectivity index (χ4v) is 3.39. The first-order valence-corrected chi connectivity index (χ1v) is 12.2. The summed E-state index contributed by atoms with van der Waals surface area (Å²) < 4.78 is 16.4. The molecule has 0 radical (unpaired) electrons. The summed E-state index contributed by atoms with van der Waals surface area (Å²) >= 11 is 0. The largest absolute Gasteiger partial charge is 0.378 e. The van der Waals surface area contributed by atoms with Crippen molar-refractivity contribution in [1.82, 2.24) is 21.0 Å². The number of unbranched alkanes of at least 4 members (excludes halogenated alkanes) is 2. The van der Waals surface area contributed by atoms with E-state index in [1.807, 2.05) is 13.8 Å². The summed E-state index contributed by atoms with van der Waals surface area (Å²) in [4.78, 5) is 23.1. The molecule has 1 fully saturated rings. The van der Waals surface area contributed by atoms with Crippen LogP contribution < -0.4 is 27.5 Å². The van der Waals surface area contributed by atoms with Crippen molar-refractivity contribution in [3.8, 4) is 0 Å². The summed E-state index contributed by atoms with van der Waals surface area (Å²) in [5.74, 6) is 5.89. The van der Waals surface area contributed by atoms with Crippen LogP contribution in [0.15, 0.2) is 0 Å². The first kappa shape index (κ1) is 29.5. The molecule has 33 heavy (non-hydrogen) atoms. The highest BCUT2D eigenvalue weighted by atomic mass is 16.5. The quantitative estimate of drug-likeness (QED) is 0.0891. The summed E-state index contributed by atoms with van der Waals surface area (Å²) in [6.07, 6.45) is 5.17. The minimum Gasteiger partial charge on any atom is -0.378 e. The second kappa shape index (κ2) is 18.9. The molecule has 0 aromatic rings. The minimum absolute atomic E-state index is 0.0453. The lowest BCUT2D eigenvalue weighted by atomic mass is 10.0. The molecule has 11 nitrogen and oxygen atoms in total. The van der Waals surface area contributed by atoms with Crippen molar-refractivity contribution in [3.05, 3.63) is 0 Å². The van der Waals surface area contributed by atoms with E-state index in [2.05, 4.69) is 16.0 Å². The minimum atomic E-state index is -0.0893. The van der Waals surface area contributed by atoms with Gasteiger partial charge in [0.05, 0.1) is 45.7 Å². The van der Waals surface area contributed by atoms with Gasteiger partial charge in [0, 0.05) is 38.1 Å². The van der Waals surface area contributed by atoms with Crippen LogP contribution in [-0.4, -0.2) is 94.3 Å². The van der Waals surface area contributed by atoms with Crippen molar-refractivity contribution in [2.75, 3.05) is 59.3 Å². The van der Waals surface area contributed by atoms with Gasteiger partial charge in [-0.3, -0.25) is 10.6 Å². The van der Waals surface area contributed by atoms with Crippen LogP contribution >= 0.6 is 0 Å². The van der Waals surface area contributed by atoms with Gasteiger partial charge in [-0.15, -0.1) is 0 Å². The average Bonchev–Trinajstić information content (AvgIpc) is 3.10. The number of nitrogens with two attached hydrogens (primary N) is 2. The fraction of sp³-hybridized carbons (Fsp3) is 0.909. The van der Waals surface area contributed by atoms with Gasteiger partial charge in [0.25, 0.3) is 0 Å². The molecular weight excluding hydrogens is 428 g/mol. The molecule has 0 saturated carbocycles. The van der Waals surface area contributed by atoms with Gasteiger partial charge in [-0.2, -0.15) is 0 Å². The average molecular weight is 475 g/mol. The molecule has 1 saturated heterocycles. The number of hydrazine groups is 1. The summed E-state index contributed by atoms with van der Waals surface area (Å²) in [5, 5.41) is 10.3. The monoisotopic (exact) mass is 474 g/mol. The number of amides is 3. The maximum atomic E-state index is 11.8. The second-order valence-corrected chi connectivity index (χ2v) is 8.46. The summed E-state index contributed by atoms with van der Waals surface area (Å²) in [6.45, 7) is 8.82. The molecule has 194 valence electrons. The predicted molar refractivity (Wildman–Crippen MR) is 127 cm³/mol. The van der Waals surface area contributed by atoms with Crippen LogP contribution in [0.5, 0.6) is 0 Å². The van der Waals surface area contributed by atoms with Crippen LogP contribution in [0.1, 0.15) is 52.4 Å². The predicted octanol–water partition coefficient (Wildman–Crippen LogP) is 0.0858. The Morgan fingerprint density at radius 1 is 1.06 bits per heavy atom. The molecule has 3 atom stereocenters. The number of carbonyl (C=O) groups is 2. The number of ether oxygens (including phenoxy) is 3. The SMILES string of the molecule is CCC(N)CN(N)CCOCCOCCOCCNC(=O)CCCCC[C@H]1NC(=O)N[C@H]1C. The number of nitrogens with zero attached hydrogens (tertiary/aromatic N) is 1. The van der Waals surface area contributed by atoms with E-state index >= 15 is 0 Å². The van der Waals surface area contributed by atoms with Crippen molar-refractivity contribution >= 4 is 11.9 Å². The van der Waals surface area contributed by atoms with E-state index in [9.17, 15) is 9.59 Å². The zero-order valence-corrected chi connectivity index (χ0v) is 20.5. The Hall–Kier alpha value is -1.50. The fourth-order valence-electron chi connectivity index (χ4n) is 3.39. The molecule has 1 heterocycles. The Kier molecular flexibility index (Phi) is 16.9. The third-order valence-corrected chi connectivity index (χ3v) is 5.53. The van der Waals surface area contributed by atoms with Crippen LogP contribution in [0.2, 0.25) is 0 Å². The van der Waals surface area contributed by atoms with Gasteiger partial charge in [-0.25, -0.2) is 9.80 Å². The maximum absolute atomic E-state index is 11.8. The highest BCUT2D eigenvalue weighted by molar-refractivity contribution is 5.77. The molecule has 0 spiro atoms. The number of hydrogen-bond acceptors (Lipinski definition) is 8. The van der Waals surface area contributed by atoms with Crippen LogP contribution in [0.4, 0.5) is 4.79 Å². The molecule has 0 aromatic carbocycles. The third-order valence-electron chi connectivity index (χ3n) is 5.53. The lowest BCUT2D eigenvalue weighted by molar-refractivity contribution is -0.121. The Balaban J connectivity index is 1.79. The molecule has 0 aliphatic carbocycles. The normalized spacial score (nSPS) is 18.9. The smallest absolute Gasteiger partial charge is 0.315 e. The zero-order valence-electron chi connectivity index (χ0n) is 20.5. The van der Waals surface area contributed by atoms with E-state index in [0.717, 1.165) is 32.1 Å². The van der Waals surface area contributed by atoms with Crippen LogP contribution in [0.3, 0.4) is 0 Å². The second-order valence-electron chi connectivity index (χ2n) is 8.46. The highest BCUT2D eigenvalue weighted by Gasteiger charge is 2.26. The van der Waals surface area contributed by atoms with Crippen LogP contribution in [0.25, 0.3) is 0 Å². The molecule has 1 rings (SSSR count). The van der Waals surface area contributed by atoms with Gasteiger partial charge < -0.3 is 35.9 Å². The number of hydrogen-bond donors (Lipinski definition) is 5. The summed E-state index contributed by atoms with van der Waals surface area (Å²) in [7, 11) is 0. The van der Waals surface area contributed by atoms with E-state index in [1.54, 1.807) is 5.01 Å². The number of rotatable bonds is 21. The van der Waals surface area contributed by atoms with E-state index in [0.29, 0.717) is 65.7 Å². The number of nitrogens with one attached hydrogen (secondary N) is 3. The topological polar surface area (TPSA) is 153 Å². The summed E-state index contributed by atoms with van der Waals surface area (Å²) in [5.41, 5.74) is 5.85. The Morgan fingerprint density at radius 3 is 2.36 bits per heavy atom. The van der Waals surface area contributed by atoms with Crippen LogP contribution in [0, 0.1) is 0 Å². The molecule has 11 heteroatoms. The lowest BCUT2D eigenvalue weighted by Gasteiger charge is -2.19. The van der Waals surface area contributed by atoms with Gasteiger partial charge in [0.1, 0.15) is 0 Å². The molecule has 1 aliphatic rings. The van der Waals surface area contributed by atoms with E-state index < -0.39 is 0 Å². The van der Waals surface area contributed by atoms with Gasteiger partial charge in [0.2, 0.25) is 5.91 Å². The van der Waals surface area contributed by atoms with Gasteiger partial charge in [-0.05, 0) is 26.2 Å². The van der Waals surface area contributed by atoms with Crippen molar-refractivity contribution in [3.63, 3.8) is 0 Å². The van der Waals surface area contributed by atoms with E-state index in [-0.39, 0.29) is 30.1 Å². The highest BCUT2D eigenvalue weighted by Crippen LogP contribution is 2.11. The van der Waals surface area contributed by atoms with E-state index in [4.69, 9.17) is 25.8 Å². The Labute approximate surface area is 198 Å². The van der Waals surface area contributed by atoms with Gasteiger partial charge in [0.15, 0.2) is 0 Å². The summed E-state index contributed by atoms with van der Waals surface area (Å²) in [6, 6.07) is 0.367. The van der Waals surface area contributed by atoms with E-state index in [1.165, 1.54) is 0 Å². The first-order chi connectivity index (χ1) is 15.9. The van der Waals surface area contributed by atoms with Crippen LogP contribution in [-0.2, 0) is 19.0 Å². The van der Waals surface area contributed by atoms with Gasteiger partial charge in [-0.1, -0.05) is 19.8 Å². The van der Waals surface area contributed by atoms with Crippen molar-refractivity contribution in [2.24, 2.45) is 11.6 Å². The molecular formula is C22H46N6O5. The number of carbonyl (C=O) groups excluding carboxylic acids is 2. The standard InChI is InChI=1S/C22H46N6O5/c1-3-19(23)17-28(24)10-12-32-14-16-33-15-13-31-11-9-25-21(29)8-6-4-5-7-20-18(2)26-22(30)27-20/h18-20H,3-17,23-24H2,1-2H3,(H,25,29)(H2,26,27,30)/t18-,19?,20+/m0/s1. The Bertz CT molecular complexity index is 528. The first-order valence-electron chi connectivity index (χ1n) is 12.2. The molecule has 0 aromatic heterocycles. The maximum Gasteiger partial charge on any atom is 0.315 e.